The van der Waals surface area contributed by atoms with E-state index in [2.05, 4.69) is 4.74 Å². The van der Waals surface area contributed by atoms with Crippen LogP contribution in [0.3, 0.4) is 0 Å². The first kappa shape index (κ1) is 15.7. The Morgan fingerprint density at radius 3 is 2.58 bits per heavy atom. The summed E-state index contributed by atoms with van der Waals surface area (Å²) in [5.41, 5.74) is 0.0856. The molecule has 0 aliphatic carbocycles. The number of alkyl halides is 3. The van der Waals surface area contributed by atoms with Gasteiger partial charge in [0, 0.05) is 0 Å². The molecule has 0 fully saturated rings. The molecule has 1 aromatic rings. The molecule has 1 N–H and O–H groups in total. The summed E-state index contributed by atoms with van der Waals surface area (Å²) >= 11 is 5.52. The molecule has 1 rings (SSSR count). The second-order valence-corrected chi connectivity index (χ2v) is 4.03. The van der Waals surface area contributed by atoms with E-state index in [1.54, 1.807) is 0 Å². The van der Waals surface area contributed by atoms with Crippen LogP contribution in [0, 0.1) is 5.82 Å². The maximum atomic E-state index is 13.0. The Bertz CT molecular complexity index is 464. The third-order valence-electron chi connectivity index (χ3n) is 2.22. The number of halogens is 5. The van der Waals surface area contributed by atoms with Crippen LogP contribution in [0.1, 0.15) is 11.6 Å². The number of hydrogen-bond donors (Lipinski definition) is 1. The first-order chi connectivity index (χ1) is 8.74. The first-order valence-corrected chi connectivity index (χ1v) is 5.45. The van der Waals surface area contributed by atoms with Crippen LogP contribution < -0.4 is 5.32 Å². The standard InChI is InChI=1S/C11H10ClF4NO2/c1-19-10(18)9(17-5-11(14,15)16)6-2-3-8(13)7(12)4-6/h2-4,9,17H,5H2,1H3. The summed E-state index contributed by atoms with van der Waals surface area (Å²) in [5, 5.41) is 1.70. The molecule has 0 radical (unpaired) electrons. The highest BCUT2D eigenvalue weighted by atomic mass is 35.5. The molecule has 0 bridgehead atoms. The third-order valence-corrected chi connectivity index (χ3v) is 2.51. The average molecular weight is 300 g/mol. The zero-order valence-corrected chi connectivity index (χ0v) is 10.5. The second-order valence-electron chi connectivity index (χ2n) is 3.63. The lowest BCUT2D eigenvalue weighted by Crippen LogP contribution is -2.36. The average Bonchev–Trinajstić information content (AvgIpc) is 2.32. The summed E-state index contributed by atoms with van der Waals surface area (Å²) in [6.45, 7) is -1.39. The minimum absolute atomic E-state index is 0.0856. The predicted molar refractivity (Wildman–Crippen MR) is 60.2 cm³/mol. The van der Waals surface area contributed by atoms with Gasteiger partial charge in [-0.2, -0.15) is 13.2 Å². The van der Waals surface area contributed by atoms with Gasteiger partial charge in [-0.05, 0) is 17.7 Å². The van der Waals surface area contributed by atoms with Crippen molar-refractivity contribution >= 4 is 17.6 Å². The SMILES string of the molecule is COC(=O)C(NCC(F)(F)F)c1ccc(F)c(Cl)c1. The fraction of sp³-hybridized carbons (Fsp3) is 0.364. The van der Waals surface area contributed by atoms with E-state index in [0.717, 1.165) is 25.3 Å². The monoisotopic (exact) mass is 299 g/mol. The maximum Gasteiger partial charge on any atom is 0.401 e. The summed E-state index contributed by atoms with van der Waals surface area (Å²) in [6.07, 6.45) is -4.49. The Balaban J connectivity index is 2.96. The van der Waals surface area contributed by atoms with E-state index in [1.165, 1.54) is 0 Å². The van der Waals surface area contributed by atoms with Gasteiger partial charge in [-0.25, -0.2) is 9.18 Å². The Kier molecular flexibility index (Phi) is 5.13. The van der Waals surface area contributed by atoms with Gasteiger partial charge in [-0.3, -0.25) is 5.32 Å². The number of nitrogens with one attached hydrogen (secondary N) is 1. The molecule has 0 aromatic heterocycles. The van der Waals surface area contributed by atoms with Crippen molar-refractivity contribution in [2.75, 3.05) is 13.7 Å². The molecule has 0 heterocycles. The Hall–Kier alpha value is -1.34. The quantitative estimate of drug-likeness (QED) is 0.686. The molecule has 0 amide bonds. The number of carbonyl (C=O) groups is 1. The molecule has 0 spiro atoms. The van der Waals surface area contributed by atoms with Crippen molar-refractivity contribution in [3.63, 3.8) is 0 Å². The van der Waals surface area contributed by atoms with E-state index in [1.807, 2.05) is 5.32 Å². The van der Waals surface area contributed by atoms with Crippen molar-refractivity contribution in [2.24, 2.45) is 0 Å². The molecule has 1 unspecified atom stereocenters. The van der Waals surface area contributed by atoms with Gasteiger partial charge < -0.3 is 4.74 Å². The van der Waals surface area contributed by atoms with Crippen LogP contribution >= 0.6 is 11.6 Å². The fourth-order valence-corrected chi connectivity index (χ4v) is 1.55. The molecule has 1 aromatic carbocycles. The van der Waals surface area contributed by atoms with Crippen LogP contribution in [-0.2, 0) is 9.53 Å². The van der Waals surface area contributed by atoms with Crippen molar-refractivity contribution in [1.82, 2.24) is 5.32 Å². The number of rotatable bonds is 4. The maximum absolute atomic E-state index is 13.0. The summed E-state index contributed by atoms with van der Waals surface area (Å²) in [5.74, 6) is -1.66. The van der Waals surface area contributed by atoms with Crippen LogP contribution in [0.25, 0.3) is 0 Å². The highest BCUT2D eigenvalue weighted by Crippen LogP contribution is 2.23. The van der Waals surface area contributed by atoms with Crippen LogP contribution in [0.4, 0.5) is 17.6 Å². The van der Waals surface area contributed by atoms with Gasteiger partial charge >= 0.3 is 12.1 Å². The first-order valence-electron chi connectivity index (χ1n) is 5.07. The molecular weight excluding hydrogens is 290 g/mol. The molecule has 19 heavy (non-hydrogen) atoms. The molecule has 106 valence electrons. The minimum atomic E-state index is -4.49. The largest absolute Gasteiger partial charge is 0.468 e. The zero-order valence-electron chi connectivity index (χ0n) is 9.72. The van der Waals surface area contributed by atoms with Crippen molar-refractivity contribution in [3.8, 4) is 0 Å². The number of benzene rings is 1. The summed E-state index contributed by atoms with van der Waals surface area (Å²) in [6, 6.07) is 1.82. The van der Waals surface area contributed by atoms with Crippen LogP contribution in [0.5, 0.6) is 0 Å². The molecule has 1 atom stereocenters. The zero-order chi connectivity index (χ0) is 14.6. The van der Waals surface area contributed by atoms with Crippen LogP contribution in [0.2, 0.25) is 5.02 Å². The van der Waals surface area contributed by atoms with E-state index < -0.39 is 30.5 Å². The van der Waals surface area contributed by atoms with Gasteiger partial charge in [0.05, 0.1) is 18.7 Å². The lowest BCUT2D eigenvalue weighted by Gasteiger charge is -2.18. The molecule has 0 saturated heterocycles. The van der Waals surface area contributed by atoms with Crippen LogP contribution in [0.15, 0.2) is 18.2 Å². The van der Waals surface area contributed by atoms with E-state index in [0.29, 0.717) is 0 Å². The number of methoxy groups -OCH3 is 1. The van der Waals surface area contributed by atoms with Crippen molar-refractivity contribution < 1.29 is 27.1 Å². The predicted octanol–water partition coefficient (Wildman–Crippen LogP) is 2.85. The molecular formula is C11H10ClF4NO2. The smallest absolute Gasteiger partial charge is 0.401 e. The molecule has 8 heteroatoms. The van der Waals surface area contributed by atoms with E-state index in [9.17, 15) is 22.4 Å². The van der Waals surface area contributed by atoms with E-state index in [4.69, 9.17) is 11.6 Å². The molecule has 0 aliphatic rings. The summed E-state index contributed by atoms with van der Waals surface area (Å²) in [4.78, 5) is 11.4. The Morgan fingerprint density at radius 1 is 1.47 bits per heavy atom. The number of hydrogen-bond acceptors (Lipinski definition) is 3. The normalized spacial score (nSPS) is 13.2. The van der Waals surface area contributed by atoms with E-state index in [-0.39, 0.29) is 10.6 Å². The lowest BCUT2D eigenvalue weighted by atomic mass is 10.1. The van der Waals surface area contributed by atoms with Crippen molar-refractivity contribution in [2.45, 2.75) is 12.2 Å². The molecule has 0 saturated carbocycles. The van der Waals surface area contributed by atoms with Gasteiger partial charge in [0.1, 0.15) is 11.9 Å². The Labute approximate surface area is 111 Å². The molecule has 3 nitrogen and oxygen atoms in total. The fourth-order valence-electron chi connectivity index (χ4n) is 1.36. The third kappa shape index (κ3) is 4.68. The van der Waals surface area contributed by atoms with Gasteiger partial charge in [0.15, 0.2) is 0 Å². The minimum Gasteiger partial charge on any atom is -0.468 e. The van der Waals surface area contributed by atoms with Gasteiger partial charge in [0.2, 0.25) is 0 Å². The number of esters is 1. The summed E-state index contributed by atoms with van der Waals surface area (Å²) in [7, 11) is 1.04. The highest BCUT2D eigenvalue weighted by molar-refractivity contribution is 6.30. The molecule has 0 aliphatic heterocycles. The lowest BCUT2D eigenvalue weighted by molar-refractivity contribution is -0.146. The van der Waals surface area contributed by atoms with Crippen molar-refractivity contribution in [1.29, 1.82) is 0 Å². The number of carbonyl (C=O) groups excluding carboxylic acids is 1. The van der Waals surface area contributed by atoms with Gasteiger partial charge in [-0.1, -0.05) is 17.7 Å². The van der Waals surface area contributed by atoms with Crippen LogP contribution in [-0.4, -0.2) is 25.8 Å². The summed E-state index contributed by atoms with van der Waals surface area (Å²) < 4.78 is 53.8. The van der Waals surface area contributed by atoms with Gasteiger partial charge in [-0.15, -0.1) is 0 Å². The van der Waals surface area contributed by atoms with Crippen molar-refractivity contribution in [3.05, 3.63) is 34.6 Å². The van der Waals surface area contributed by atoms with E-state index >= 15 is 0 Å². The Morgan fingerprint density at radius 2 is 2.11 bits per heavy atom. The topological polar surface area (TPSA) is 38.3 Å². The second kappa shape index (κ2) is 6.21. The highest BCUT2D eigenvalue weighted by Gasteiger charge is 2.31. The van der Waals surface area contributed by atoms with Gasteiger partial charge in [0.25, 0.3) is 0 Å². The number of ether oxygens (including phenoxy) is 1.